The second kappa shape index (κ2) is 4.29. The molecule has 0 spiro atoms. The summed E-state index contributed by atoms with van der Waals surface area (Å²) in [4.78, 5) is 2.20. The quantitative estimate of drug-likeness (QED) is 0.719. The molecule has 0 unspecified atom stereocenters. The van der Waals surface area contributed by atoms with E-state index in [0.29, 0.717) is 10.7 Å². The summed E-state index contributed by atoms with van der Waals surface area (Å²) in [6, 6.07) is 5.57. The van der Waals surface area contributed by atoms with E-state index >= 15 is 0 Å². The number of anilines is 2. The smallest absolute Gasteiger partial charge is 0.0574 e. The first-order valence-corrected chi connectivity index (χ1v) is 5.52. The molecule has 0 atom stereocenters. The molecule has 1 aromatic carbocycles. The average molecular weight is 227 g/mol. The van der Waals surface area contributed by atoms with E-state index in [2.05, 4.69) is 4.90 Å². The molecule has 1 aliphatic heterocycles. The molecule has 0 aliphatic carbocycles. The summed E-state index contributed by atoms with van der Waals surface area (Å²) < 4.78 is 0. The molecular formula is C11H15ClN2O. The van der Waals surface area contributed by atoms with Crippen molar-refractivity contribution in [3.8, 4) is 0 Å². The summed E-state index contributed by atoms with van der Waals surface area (Å²) >= 11 is 5.94. The topological polar surface area (TPSA) is 49.5 Å². The molecule has 4 heteroatoms. The SMILES string of the molecule is Nc1cc(Cl)cc(N2CCC(O)CC2)c1. The van der Waals surface area contributed by atoms with E-state index in [1.54, 1.807) is 6.07 Å². The third-order valence-electron chi connectivity index (χ3n) is 2.73. The van der Waals surface area contributed by atoms with Crippen molar-refractivity contribution in [1.29, 1.82) is 0 Å². The zero-order valence-electron chi connectivity index (χ0n) is 8.49. The van der Waals surface area contributed by atoms with Crippen LogP contribution in [0.3, 0.4) is 0 Å². The maximum Gasteiger partial charge on any atom is 0.0574 e. The van der Waals surface area contributed by atoms with Crippen molar-refractivity contribution in [2.75, 3.05) is 23.7 Å². The predicted octanol–water partition coefficient (Wildman–Crippen LogP) is 1.88. The van der Waals surface area contributed by atoms with Gasteiger partial charge in [0.2, 0.25) is 0 Å². The third kappa shape index (κ3) is 2.55. The minimum absolute atomic E-state index is 0.155. The van der Waals surface area contributed by atoms with Crippen LogP contribution in [0.4, 0.5) is 11.4 Å². The van der Waals surface area contributed by atoms with E-state index in [0.717, 1.165) is 31.6 Å². The van der Waals surface area contributed by atoms with Crippen LogP contribution in [0.25, 0.3) is 0 Å². The fraction of sp³-hybridized carbons (Fsp3) is 0.455. The first-order valence-electron chi connectivity index (χ1n) is 5.14. The Morgan fingerprint density at radius 3 is 2.53 bits per heavy atom. The molecule has 3 N–H and O–H groups in total. The van der Waals surface area contributed by atoms with Crippen molar-refractivity contribution in [3.63, 3.8) is 0 Å². The van der Waals surface area contributed by atoms with E-state index in [9.17, 15) is 5.11 Å². The van der Waals surface area contributed by atoms with Gasteiger partial charge in [0.05, 0.1) is 6.10 Å². The number of aliphatic hydroxyl groups is 1. The molecule has 82 valence electrons. The summed E-state index contributed by atoms with van der Waals surface area (Å²) in [5.74, 6) is 0. The van der Waals surface area contributed by atoms with E-state index in [4.69, 9.17) is 17.3 Å². The highest BCUT2D eigenvalue weighted by atomic mass is 35.5. The highest BCUT2D eigenvalue weighted by molar-refractivity contribution is 6.31. The Hall–Kier alpha value is -0.930. The Morgan fingerprint density at radius 2 is 1.93 bits per heavy atom. The lowest BCUT2D eigenvalue weighted by atomic mass is 10.1. The normalized spacial score (nSPS) is 18.1. The molecule has 15 heavy (non-hydrogen) atoms. The van der Waals surface area contributed by atoms with Crippen LogP contribution in [-0.2, 0) is 0 Å². The van der Waals surface area contributed by atoms with Gasteiger partial charge in [-0.15, -0.1) is 0 Å². The molecule has 0 aromatic heterocycles. The number of piperidine rings is 1. The van der Waals surface area contributed by atoms with Gasteiger partial charge in [-0.1, -0.05) is 11.6 Å². The number of nitrogen functional groups attached to an aromatic ring is 1. The van der Waals surface area contributed by atoms with Crippen molar-refractivity contribution in [1.82, 2.24) is 0 Å². The first-order chi connectivity index (χ1) is 7.15. The molecule has 1 heterocycles. The van der Waals surface area contributed by atoms with Gasteiger partial charge >= 0.3 is 0 Å². The van der Waals surface area contributed by atoms with Crippen LogP contribution < -0.4 is 10.6 Å². The maximum absolute atomic E-state index is 9.41. The Morgan fingerprint density at radius 1 is 1.27 bits per heavy atom. The Labute approximate surface area is 94.4 Å². The van der Waals surface area contributed by atoms with Crippen LogP contribution in [0.1, 0.15) is 12.8 Å². The van der Waals surface area contributed by atoms with Crippen LogP contribution in [0.15, 0.2) is 18.2 Å². The highest BCUT2D eigenvalue weighted by Crippen LogP contribution is 2.26. The molecule has 3 nitrogen and oxygen atoms in total. The number of benzene rings is 1. The summed E-state index contributed by atoms with van der Waals surface area (Å²) in [5, 5.41) is 10.1. The standard InChI is InChI=1S/C11H15ClN2O/c12-8-5-9(13)7-10(6-8)14-3-1-11(15)2-4-14/h5-7,11,15H,1-4,13H2. The number of rotatable bonds is 1. The second-order valence-electron chi connectivity index (χ2n) is 3.96. The van der Waals surface area contributed by atoms with Gasteiger partial charge < -0.3 is 15.7 Å². The molecule has 1 aliphatic rings. The van der Waals surface area contributed by atoms with Gasteiger partial charge in [-0.3, -0.25) is 0 Å². The van der Waals surface area contributed by atoms with Crippen LogP contribution in [-0.4, -0.2) is 24.3 Å². The molecule has 1 fully saturated rings. The van der Waals surface area contributed by atoms with Gasteiger partial charge in [0.25, 0.3) is 0 Å². The zero-order chi connectivity index (χ0) is 10.8. The fourth-order valence-corrected chi connectivity index (χ4v) is 2.14. The molecule has 2 rings (SSSR count). The fourth-order valence-electron chi connectivity index (χ4n) is 1.90. The molecule has 0 amide bonds. The first kappa shape index (κ1) is 10.6. The number of aliphatic hydroxyl groups excluding tert-OH is 1. The average Bonchev–Trinajstić information content (AvgIpc) is 2.17. The third-order valence-corrected chi connectivity index (χ3v) is 2.95. The van der Waals surface area contributed by atoms with Gasteiger partial charge in [0, 0.05) is 29.5 Å². The van der Waals surface area contributed by atoms with Gasteiger partial charge in [-0.2, -0.15) is 0 Å². The Balaban J connectivity index is 2.15. The molecular weight excluding hydrogens is 212 g/mol. The summed E-state index contributed by atoms with van der Waals surface area (Å²) in [5.41, 5.74) is 7.46. The lowest BCUT2D eigenvalue weighted by Crippen LogP contribution is -2.35. The van der Waals surface area contributed by atoms with Crippen molar-refractivity contribution in [2.45, 2.75) is 18.9 Å². The van der Waals surface area contributed by atoms with Gasteiger partial charge in [-0.25, -0.2) is 0 Å². The van der Waals surface area contributed by atoms with Crippen LogP contribution >= 0.6 is 11.6 Å². The Bertz CT molecular complexity index is 328. The van der Waals surface area contributed by atoms with E-state index in [1.165, 1.54) is 0 Å². The van der Waals surface area contributed by atoms with Crippen molar-refractivity contribution in [3.05, 3.63) is 23.2 Å². The highest BCUT2D eigenvalue weighted by Gasteiger charge is 2.17. The molecule has 0 saturated carbocycles. The summed E-state index contributed by atoms with van der Waals surface area (Å²) in [6.45, 7) is 1.72. The van der Waals surface area contributed by atoms with Crippen molar-refractivity contribution >= 4 is 23.0 Å². The predicted molar refractivity (Wildman–Crippen MR) is 63.3 cm³/mol. The second-order valence-corrected chi connectivity index (χ2v) is 4.40. The summed E-state index contributed by atoms with van der Waals surface area (Å²) in [7, 11) is 0. The number of nitrogens with zero attached hydrogens (tertiary/aromatic N) is 1. The monoisotopic (exact) mass is 226 g/mol. The number of nitrogens with two attached hydrogens (primary N) is 1. The lowest BCUT2D eigenvalue weighted by molar-refractivity contribution is 0.145. The number of hydrogen-bond acceptors (Lipinski definition) is 3. The maximum atomic E-state index is 9.41. The van der Waals surface area contributed by atoms with Gasteiger partial charge in [-0.05, 0) is 31.0 Å². The molecule has 0 radical (unpaired) electrons. The van der Waals surface area contributed by atoms with E-state index < -0.39 is 0 Å². The number of hydrogen-bond donors (Lipinski definition) is 2. The minimum atomic E-state index is -0.155. The van der Waals surface area contributed by atoms with Crippen molar-refractivity contribution in [2.24, 2.45) is 0 Å². The molecule has 0 bridgehead atoms. The van der Waals surface area contributed by atoms with Gasteiger partial charge in [0.1, 0.15) is 0 Å². The van der Waals surface area contributed by atoms with E-state index in [1.807, 2.05) is 12.1 Å². The summed E-state index contributed by atoms with van der Waals surface area (Å²) in [6.07, 6.45) is 1.47. The van der Waals surface area contributed by atoms with Crippen LogP contribution in [0.5, 0.6) is 0 Å². The van der Waals surface area contributed by atoms with Gasteiger partial charge in [0.15, 0.2) is 0 Å². The van der Waals surface area contributed by atoms with Crippen molar-refractivity contribution < 1.29 is 5.11 Å². The number of halogens is 1. The minimum Gasteiger partial charge on any atom is -0.399 e. The molecule has 1 aromatic rings. The largest absolute Gasteiger partial charge is 0.399 e. The zero-order valence-corrected chi connectivity index (χ0v) is 9.24. The molecule has 1 saturated heterocycles. The van der Waals surface area contributed by atoms with Crippen LogP contribution in [0, 0.1) is 0 Å². The Kier molecular flexibility index (Phi) is 3.03. The van der Waals surface area contributed by atoms with E-state index in [-0.39, 0.29) is 6.10 Å². The lowest BCUT2D eigenvalue weighted by Gasteiger charge is -2.31. The van der Waals surface area contributed by atoms with Crippen LogP contribution in [0.2, 0.25) is 5.02 Å².